The minimum Gasteiger partial charge on any atom is -0.455 e. The number of nitrogens with zero attached hydrogens (tertiary/aromatic N) is 1. The van der Waals surface area contributed by atoms with E-state index in [1.807, 2.05) is 5.73 Å². The molecule has 0 aromatic carbocycles. The highest BCUT2D eigenvalue weighted by Gasteiger charge is 2.36. The summed E-state index contributed by atoms with van der Waals surface area (Å²) < 4.78 is 12.0. The first-order chi connectivity index (χ1) is 10.9. The van der Waals surface area contributed by atoms with E-state index in [1.54, 1.807) is 0 Å². The summed E-state index contributed by atoms with van der Waals surface area (Å²) in [6.07, 6.45) is -4.48. The molecular formula is C12H19N3O7. The lowest BCUT2D eigenvalue weighted by molar-refractivity contribution is -0.175. The summed E-state index contributed by atoms with van der Waals surface area (Å²) in [7, 11) is 0. The lowest BCUT2D eigenvalue weighted by Gasteiger charge is -2.28. The Morgan fingerprint density at radius 2 is 2.27 bits per heavy atom. The molecule has 0 aliphatic carbocycles. The Hall–Kier alpha value is -1.85. The van der Waals surface area contributed by atoms with Gasteiger partial charge in [0.25, 0.3) is 0 Å². The molecule has 0 fully saturated rings. The molecule has 0 unspecified atom stereocenters. The normalized spacial score (nSPS) is 18.6. The zero-order valence-electron chi connectivity index (χ0n) is 12.5. The van der Waals surface area contributed by atoms with Gasteiger partial charge < -0.3 is 40.7 Å². The predicted molar refractivity (Wildman–Crippen MR) is 71.3 cm³/mol. The second-order valence-electron chi connectivity index (χ2n) is 4.60. The van der Waals surface area contributed by atoms with Crippen LogP contribution in [0.2, 0.25) is 1.41 Å². The maximum Gasteiger partial charge on any atom is 0.323 e. The number of esters is 1. The summed E-state index contributed by atoms with van der Waals surface area (Å²) in [4.78, 5) is 29.2. The van der Waals surface area contributed by atoms with Gasteiger partial charge in [-0.15, -0.1) is 0 Å². The molecule has 0 amide bonds. The van der Waals surface area contributed by atoms with Crippen molar-refractivity contribution in [2.45, 2.75) is 36.9 Å². The van der Waals surface area contributed by atoms with Gasteiger partial charge in [-0.05, 0) is 0 Å². The van der Waals surface area contributed by atoms with Gasteiger partial charge in [0.15, 0.2) is 12.4 Å². The molecule has 0 bridgehead atoms. The number of hydrogen-bond acceptors (Lipinski definition) is 9. The van der Waals surface area contributed by atoms with Crippen LogP contribution in [-0.2, 0) is 20.7 Å². The summed E-state index contributed by atoms with van der Waals surface area (Å²) in [6.45, 7) is -0.866. The molecule has 0 aliphatic rings. The highest BCUT2D eigenvalue weighted by atomic mass is 16.6. The van der Waals surface area contributed by atoms with E-state index in [4.69, 9.17) is 11.3 Å². The van der Waals surface area contributed by atoms with Crippen LogP contribution in [0.5, 0.6) is 0 Å². The van der Waals surface area contributed by atoms with Gasteiger partial charge in [0.05, 0.1) is 12.9 Å². The lowest BCUT2D eigenvalue weighted by atomic mass is 10.0. The van der Waals surface area contributed by atoms with Gasteiger partial charge >= 0.3 is 5.97 Å². The van der Waals surface area contributed by atoms with Gasteiger partial charge in [-0.25, -0.2) is 4.98 Å². The van der Waals surface area contributed by atoms with Crippen molar-refractivity contribution in [2.75, 3.05) is 6.61 Å². The van der Waals surface area contributed by atoms with Crippen LogP contribution in [0, 0.1) is 0 Å². The third-order valence-electron chi connectivity index (χ3n) is 2.91. The molecule has 10 nitrogen and oxygen atoms in total. The van der Waals surface area contributed by atoms with E-state index < -0.39 is 43.0 Å². The largest absolute Gasteiger partial charge is 0.455 e. The van der Waals surface area contributed by atoms with Crippen LogP contribution in [0.25, 0.3) is 0 Å². The first kappa shape index (κ1) is 16.5. The fourth-order valence-electron chi connectivity index (χ4n) is 1.66. The Kier molecular flexibility index (Phi) is 6.43. The highest BCUT2D eigenvalue weighted by Crippen LogP contribution is 2.11. The fraction of sp³-hybridized carbons (Fsp3) is 0.583. The minimum atomic E-state index is -1.91. The van der Waals surface area contributed by atoms with Crippen LogP contribution in [0.4, 0.5) is 0 Å². The lowest BCUT2D eigenvalue weighted by Crippen LogP contribution is -2.51. The molecule has 5 atom stereocenters. The maximum absolute atomic E-state index is 12.0. The van der Waals surface area contributed by atoms with Crippen molar-refractivity contribution in [3.63, 3.8) is 0 Å². The predicted octanol–water partition coefficient (Wildman–Crippen LogP) is -3.53. The summed E-state index contributed by atoms with van der Waals surface area (Å²) in [5.74, 6) is -1.04. The minimum absolute atomic E-state index is 0.00485. The maximum atomic E-state index is 12.0. The van der Waals surface area contributed by atoms with Crippen molar-refractivity contribution >= 4 is 12.3 Å². The number of aldehydes is 1. The number of carbonyl (C=O) groups is 2. The van der Waals surface area contributed by atoms with E-state index >= 15 is 0 Å². The average Bonchev–Trinajstić information content (AvgIpc) is 3.08. The van der Waals surface area contributed by atoms with Crippen LogP contribution in [0.15, 0.2) is 12.5 Å². The van der Waals surface area contributed by atoms with Gasteiger partial charge in [0.2, 0.25) is 0 Å². The molecule has 0 aliphatic heterocycles. The van der Waals surface area contributed by atoms with E-state index in [9.17, 15) is 24.9 Å². The molecular weight excluding hydrogens is 298 g/mol. The smallest absolute Gasteiger partial charge is 0.323 e. The second-order valence-corrected chi connectivity index (χ2v) is 4.60. The molecule has 1 aromatic rings. The molecule has 7 N–H and O–H groups in total. The van der Waals surface area contributed by atoms with Gasteiger partial charge in [0, 0.05) is 18.3 Å². The zero-order valence-corrected chi connectivity index (χ0v) is 11.5. The quantitative estimate of drug-likeness (QED) is 0.188. The van der Waals surface area contributed by atoms with E-state index in [0.717, 1.165) is 0 Å². The van der Waals surface area contributed by atoms with Crippen molar-refractivity contribution < 1.29 is 36.2 Å². The van der Waals surface area contributed by atoms with Crippen LogP contribution in [-0.4, -0.2) is 79.7 Å². The number of nitrogens with two attached hydrogens (primary N) is 1. The molecule has 1 aromatic heterocycles. The van der Waals surface area contributed by atoms with Crippen molar-refractivity contribution in [3.8, 4) is 0 Å². The monoisotopic (exact) mass is 318 g/mol. The zero-order chi connectivity index (χ0) is 17.4. The van der Waals surface area contributed by atoms with Crippen LogP contribution in [0.1, 0.15) is 5.69 Å². The molecule has 22 heavy (non-hydrogen) atoms. The van der Waals surface area contributed by atoms with E-state index in [2.05, 4.69) is 9.97 Å². The Morgan fingerprint density at radius 3 is 2.77 bits per heavy atom. The van der Waals surface area contributed by atoms with E-state index in [-0.39, 0.29) is 12.7 Å². The highest BCUT2D eigenvalue weighted by molar-refractivity contribution is 5.76. The number of ether oxygens (including phenoxy) is 1. The first-order valence-electron chi connectivity index (χ1n) is 6.89. The average molecular weight is 318 g/mol. The SMILES string of the molecule is [2H]N[C@@H](Cc1cnc[nH]1)C(=O)O[C@@H]([C@H](O)[C@H](O)CO)[C@@H](O)C=O. The number of aliphatic hydroxyl groups excluding tert-OH is 4. The number of rotatable bonds is 10. The van der Waals surface area contributed by atoms with Crippen LogP contribution in [0.3, 0.4) is 0 Å². The fourth-order valence-corrected chi connectivity index (χ4v) is 1.66. The van der Waals surface area contributed by atoms with Gasteiger partial charge in [-0.3, -0.25) is 4.79 Å². The Balaban J connectivity index is 2.79. The first-order valence-corrected chi connectivity index (χ1v) is 6.39. The number of hydrogen-bond donors (Lipinski definition) is 6. The number of aliphatic hydroxyl groups is 4. The summed E-state index contributed by atoms with van der Waals surface area (Å²) in [6, 6.07) is -1.17. The molecule has 0 saturated carbocycles. The van der Waals surface area contributed by atoms with E-state index in [0.29, 0.717) is 5.69 Å². The molecule has 10 heteroatoms. The molecule has 0 spiro atoms. The number of nitrogens with one attached hydrogen (secondary N) is 1. The summed E-state index contributed by atoms with van der Waals surface area (Å²) in [5.41, 5.74) is 2.47. The molecule has 0 saturated heterocycles. The van der Waals surface area contributed by atoms with Crippen molar-refractivity contribution in [1.29, 1.82) is 0 Å². The van der Waals surface area contributed by atoms with Gasteiger partial charge in [-0.2, -0.15) is 0 Å². The third-order valence-corrected chi connectivity index (χ3v) is 2.91. The summed E-state index contributed by atoms with van der Waals surface area (Å²) in [5, 5.41) is 37.4. The molecule has 124 valence electrons. The topological polar surface area (TPSA) is 179 Å². The standard InChI is InChI=1S/C12H19N3O7/c13-7(1-6-2-14-5-15-6)12(21)22-11(9(19)4-17)10(20)8(18)3-16/h2,4-5,7-11,16,18-20H,1,3,13H2,(H,14,15)/t7-,8+,9-,10+,11+/m0/s1/i/hD. The summed E-state index contributed by atoms with van der Waals surface area (Å²) >= 11 is 0. The molecule has 0 radical (unpaired) electrons. The number of aromatic amines is 1. The van der Waals surface area contributed by atoms with Crippen LogP contribution < -0.4 is 5.73 Å². The number of imidazole rings is 1. The Morgan fingerprint density at radius 1 is 1.55 bits per heavy atom. The van der Waals surface area contributed by atoms with Gasteiger partial charge in [-0.1, -0.05) is 0 Å². The second kappa shape index (κ2) is 8.56. The van der Waals surface area contributed by atoms with Crippen LogP contribution >= 0.6 is 0 Å². The molecule has 1 rings (SSSR count). The van der Waals surface area contributed by atoms with Gasteiger partial charge in [0.1, 0.15) is 25.8 Å². The van der Waals surface area contributed by atoms with Crippen molar-refractivity contribution in [1.82, 2.24) is 9.97 Å². The van der Waals surface area contributed by atoms with E-state index in [1.165, 1.54) is 12.5 Å². The van der Waals surface area contributed by atoms with Crippen molar-refractivity contribution in [3.05, 3.63) is 18.2 Å². The van der Waals surface area contributed by atoms with Crippen molar-refractivity contribution in [2.24, 2.45) is 5.73 Å². The number of H-pyrrole nitrogens is 1. The third kappa shape index (κ3) is 4.86. The number of carbonyl (C=O) groups excluding carboxylic acids is 2. The molecule has 1 heterocycles. The Bertz CT molecular complexity index is 487. The Labute approximate surface area is 127 Å². The number of aromatic nitrogens is 2.